The first-order valence-electron chi connectivity index (χ1n) is 22.7. The van der Waals surface area contributed by atoms with E-state index in [1.165, 1.54) is 55.6 Å². The number of hydrogen-bond donors (Lipinski definition) is 0. The zero-order valence-corrected chi connectivity index (χ0v) is 39.3. The molecule has 9 rings (SSSR count). The van der Waals surface area contributed by atoms with Gasteiger partial charge in [0.25, 0.3) is 0 Å². The summed E-state index contributed by atoms with van der Waals surface area (Å²) in [4.78, 5) is 0. The van der Waals surface area contributed by atoms with Crippen molar-refractivity contribution >= 4 is 12.2 Å². The first-order chi connectivity index (χ1) is 28.8. The minimum absolute atomic E-state index is 0. The van der Waals surface area contributed by atoms with Crippen molar-refractivity contribution in [2.24, 2.45) is 0 Å². The number of hydrogen-bond acceptors (Lipinski definition) is 0. The van der Waals surface area contributed by atoms with Crippen molar-refractivity contribution in [3.05, 3.63) is 214 Å². The molecule has 0 heterocycles. The number of fused-ring (bicyclic) bond motifs is 8. The lowest BCUT2D eigenvalue weighted by atomic mass is 9.71. The summed E-state index contributed by atoms with van der Waals surface area (Å²) in [6.07, 6.45) is 9.23. The standard InChI is InChI=1S/C21H14.C21H16.8C2H6.2CH4/c1-4-10-18-15(7-1)13-14-21(18)19-11-5-2-8-16(19)17-9-3-6-12-20(17)21;1-3-10-18(11-4-1)21(19-12-5-2-6-13-19)16-15-17-9-7-8-14-20(17)21;8*1-2;;/h1-14H;1-16H;8*1-2H3;2*1H4. The summed E-state index contributed by atoms with van der Waals surface area (Å²) < 4.78 is 0. The van der Waals surface area contributed by atoms with Crippen LogP contribution in [0.1, 0.15) is 170 Å². The van der Waals surface area contributed by atoms with E-state index in [1.807, 2.05) is 111 Å². The summed E-state index contributed by atoms with van der Waals surface area (Å²) in [7, 11) is 0. The molecule has 0 fully saturated rings. The van der Waals surface area contributed by atoms with Gasteiger partial charge in [0.1, 0.15) is 0 Å². The normalized spacial score (nSPS) is 11.5. The lowest BCUT2D eigenvalue weighted by Crippen LogP contribution is -2.25. The van der Waals surface area contributed by atoms with Crippen LogP contribution in [0.2, 0.25) is 0 Å². The highest BCUT2D eigenvalue weighted by Crippen LogP contribution is 2.56. The Bertz CT molecular complexity index is 1830. The predicted molar refractivity (Wildman–Crippen MR) is 280 cm³/mol. The molecule has 3 aliphatic carbocycles. The smallest absolute Gasteiger partial charge is 0.0653 e. The van der Waals surface area contributed by atoms with Gasteiger partial charge in [0, 0.05) is 0 Å². The third kappa shape index (κ3) is 12.4. The molecule has 0 atom stereocenters. The van der Waals surface area contributed by atoms with Crippen molar-refractivity contribution in [2.75, 3.05) is 0 Å². The van der Waals surface area contributed by atoms with Crippen LogP contribution in [0.4, 0.5) is 0 Å². The molecule has 3 aliphatic rings. The zero-order valence-electron chi connectivity index (χ0n) is 39.3. The second-order valence-electron chi connectivity index (χ2n) is 11.3. The van der Waals surface area contributed by atoms with Gasteiger partial charge in [0.05, 0.1) is 10.8 Å². The Morgan fingerprint density at radius 2 is 0.500 bits per heavy atom. The summed E-state index contributed by atoms with van der Waals surface area (Å²) in [5.74, 6) is 0. The van der Waals surface area contributed by atoms with E-state index in [4.69, 9.17) is 0 Å². The van der Waals surface area contributed by atoms with Gasteiger partial charge in [-0.3, -0.25) is 0 Å². The van der Waals surface area contributed by atoms with Crippen molar-refractivity contribution in [1.29, 1.82) is 0 Å². The predicted octanol–water partition coefficient (Wildman–Crippen LogP) is 19.6. The number of rotatable bonds is 2. The lowest BCUT2D eigenvalue weighted by molar-refractivity contribution is 0.794. The fourth-order valence-electron chi connectivity index (χ4n) is 7.42. The van der Waals surface area contributed by atoms with E-state index in [0.29, 0.717) is 0 Å². The van der Waals surface area contributed by atoms with Crippen LogP contribution in [-0.4, -0.2) is 0 Å². The van der Waals surface area contributed by atoms with Crippen LogP contribution in [0.15, 0.2) is 170 Å². The molecule has 0 unspecified atom stereocenters. The topological polar surface area (TPSA) is 0 Å². The molecule has 0 N–H and O–H groups in total. The van der Waals surface area contributed by atoms with E-state index in [2.05, 4.69) is 182 Å². The van der Waals surface area contributed by atoms with Crippen molar-refractivity contribution in [3.63, 3.8) is 0 Å². The van der Waals surface area contributed by atoms with Crippen LogP contribution in [-0.2, 0) is 10.8 Å². The Kier molecular flexibility index (Phi) is 33.1. The Labute approximate surface area is 372 Å². The van der Waals surface area contributed by atoms with Gasteiger partial charge < -0.3 is 0 Å². The third-order valence-corrected chi connectivity index (χ3v) is 9.25. The van der Waals surface area contributed by atoms with Gasteiger partial charge in [-0.25, -0.2) is 0 Å². The van der Waals surface area contributed by atoms with E-state index in [1.54, 1.807) is 0 Å². The van der Waals surface area contributed by atoms with Gasteiger partial charge >= 0.3 is 0 Å². The maximum atomic E-state index is 2.38. The molecule has 0 aromatic heterocycles. The minimum Gasteiger partial charge on any atom is -0.0776 e. The van der Waals surface area contributed by atoms with Gasteiger partial charge in [-0.2, -0.15) is 0 Å². The Morgan fingerprint density at radius 1 is 0.250 bits per heavy atom. The average Bonchev–Trinajstić information content (AvgIpc) is 4.04. The first kappa shape index (κ1) is 59.1. The maximum absolute atomic E-state index is 2.38. The quantitative estimate of drug-likeness (QED) is 0.163. The molecular weight excluding hydrogens is 721 g/mol. The second-order valence-corrected chi connectivity index (χ2v) is 11.3. The van der Waals surface area contributed by atoms with Gasteiger partial charge in [-0.05, 0) is 55.6 Å². The fourth-order valence-corrected chi connectivity index (χ4v) is 7.42. The van der Waals surface area contributed by atoms with Crippen molar-refractivity contribution in [1.82, 2.24) is 0 Å². The van der Waals surface area contributed by atoms with Gasteiger partial charge in [-0.15, -0.1) is 0 Å². The molecule has 326 valence electrons. The number of benzene rings is 6. The molecule has 0 heteroatoms. The highest BCUT2D eigenvalue weighted by atomic mass is 14.5. The summed E-state index contributed by atoms with van der Waals surface area (Å²) in [6.45, 7) is 32.0. The zero-order chi connectivity index (χ0) is 44.0. The Morgan fingerprint density at radius 3 is 0.850 bits per heavy atom. The van der Waals surface area contributed by atoms with Crippen LogP contribution in [0.5, 0.6) is 0 Å². The maximum Gasteiger partial charge on any atom is 0.0653 e. The molecule has 6 aromatic rings. The van der Waals surface area contributed by atoms with Crippen LogP contribution in [0.25, 0.3) is 23.3 Å². The van der Waals surface area contributed by atoms with Crippen molar-refractivity contribution in [3.8, 4) is 11.1 Å². The molecule has 0 radical (unpaired) electrons. The average molecular weight is 807 g/mol. The first-order valence-corrected chi connectivity index (χ1v) is 22.7. The summed E-state index contributed by atoms with van der Waals surface area (Å²) in [5, 5.41) is 0. The van der Waals surface area contributed by atoms with Crippen LogP contribution in [0.3, 0.4) is 0 Å². The Hall–Kier alpha value is -5.20. The van der Waals surface area contributed by atoms with E-state index in [0.717, 1.165) is 0 Å². The van der Waals surface area contributed by atoms with Crippen molar-refractivity contribution < 1.29 is 0 Å². The molecule has 1 spiro atoms. The lowest BCUT2D eigenvalue weighted by Gasteiger charge is -2.31. The molecular formula is C60H86. The van der Waals surface area contributed by atoms with E-state index < -0.39 is 0 Å². The van der Waals surface area contributed by atoms with E-state index in [9.17, 15) is 0 Å². The van der Waals surface area contributed by atoms with Gasteiger partial charge in [0.2, 0.25) is 0 Å². The minimum atomic E-state index is -0.168. The summed E-state index contributed by atoms with van der Waals surface area (Å²) in [5.41, 5.74) is 13.3. The molecule has 60 heavy (non-hydrogen) atoms. The number of allylic oxidation sites excluding steroid dienone is 2. The molecule has 0 bridgehead atoms. The van der Waals surface area contributed by atoms with Gasteiger partial charge in [-0.1, -0.05) is 308 Å². The third-order valence-electron chi connectivity index (χ3n) is 9.25. The Balaban J connectivity index is -0.000000795. The van der Waals surface area contributed by atoms with Crippen molar-refractivity contribution in [2.45, 2.75) is 136 Å². The van der Waals surface area contributed by atoms with E-state index >= 15 is 0 Å². The SMILES string of the molecule is C.C.C1=CC(c2ccccc2)(c2ccccc2)c2ccccc21.C1=CC2(c3ccccc31)c1ccccc1-c1ccccc12.CC.CC.CC.CC.CC.CC.CC.CC. The highest BCUT2D eigenvalue weighted by Gasteiger charge is 2.45. The van der Waals surface area contributed by atoms with Crippen LogP contribution in [0, 0.1) is 0 Å². The van der Waals surface area contributed by atoms with Crippen LogP contribution < -0.4 is 0 Å². The fraction of sp³-hybridized carbons (Fsp3) is 0.333. The summed E-state index contributed by atoms with van der Waals surface area (Å²) >= 11 is 0. The van der Waals surface area contributed by atoms with Crippen LogP contribution >= 0.6 is 0 Å². The summed E-state index contributed by atoms with van der Waals surface area (Å²) in [6, 6.07) is 56.6. The monoisotopic (exact) mass is 807 g/mol. The molecule has 0 nitrogen and oxygen atoms in total. The highest BCUT2D eigenvalue weighted by molar-refractivity contribution is 5.89. The molecule has 0 amide bonds. The second kappa shape index (κ2) is 33.6. The van der Waals surface area contributed by atoms with Gasteiger partial charge in [0.15, 0.2) is 0 Å². The molecule has 0 saturated heterocycles. The molecule has 0 aliphatic heterocycles. The molecule has 0 saturated carbocycles. The van der Waals surface area contributed by atoms with E-state index in [-0.39, 0.29) is 25.7 Å². The largest absolute Gasteiger partial charge is 0.0776 e. The molecule has 6 aromatic carbocycles.